The van der Waals surface area contributed by atoms with E-state index >= 15 is 0 Å². The first-order valence-electron chi connectivity index (χ1n) is 6.24. The number of hydrogen-bond acceptors (Lipinski definition) is 4. The lowest BCUT2D eigenvalue weighted by atomic mass is 10.3. The summed E-state index contributed by atoms with van der Waals surface area (Å²) in [6, 6.07) is 5.34. The van der Waals surface area contributed by atoms with Crippen LogP contribution in [0, 0.1) is 0 Å². The fourth-order valence-electron chi connectivity index (χ4n) is 1.82. The van der Waals surface area contributed by atoms with Crippen LogP contribution in [-0.2, 0) is 0 Å². The van der Waals surface area contributed by atoms with Gasteiger partial charge in [-0.2, -0.15) is 0 Å². The summed E-state index contributed by atoms with van der Waals surface area (Å²) in [6.45, 7) is 0. The number of benzene rings is 1. The summed E-state index contributed by atoms with van der Waals surface area (Å²) >= 11 is 3.38. The van der Waals surface area contributed by atoms with Gasteiger partial charge in [-0.25, -0.2) is 4.98 Å². The quantitative estimate of drug-likeness (QED) is 0.899. The van der Waals surface area contributed by atoms with E-state index in [2.05, 4.69) is 36.4 Å². The maximum Gasteiger partial charge on any atom is 0.295 e. The molecule has 104 valence electrons. The summed E-state index contributed by atoms with van der Waals surface area (Å²) in [4.78, 5) is 16.3. The number of carbonyl (C=O) groups excluding carboxylic acids is 1. The zero-order chi connectivity index (χ0) is 14.1. The van der Waals surface area contributed by atoms with Crippen molar-refractivity contribution in [2.75, 3.05) is 12.4 Å². The van der Waals surface area contributed by atoms with E-state index in [0.29, 0.717) is 17.4 Å². The van der Waals surface area contributed by atoms with Crippen LogP contribution in [0.4, 0.5) is 5.69 Å². The number of aromatic nitrogens is 3. The monoisotopic (exact) mass is 336 g/mol. The third kappa shape index (κ3) is 2.67. The van der Waals surface area contributed by atoms with Crippen molar-refractivity contribution in [2.45, 2.75) is 18.8 Å². The van der Waals surface area contributed by atoms with E-state index in [-0.39, 0.29) is 11.7 Å². The van der Waals surface area contributed by atoms with Gasteiger partial charge in [0.15, 0.2) is 0 Å². The molecule has 1 amide bonds. The molecule has 0 saturated heterocycles. The molecule has 0 atom stereocenters. The molecule has 1 aliphatic rings. The molecule has 0 spiro atoms. The summed E-state index contributed by atoms with van der Waals surface area (Å²) in [5, 5.41) is 9.53. The van der Waals surface area contributed by atoms with Gasteiger partial charge in [0.2, 0.25) is 5.82 Å². The van der Waals surface area contributed by atoms with Crippen LogP contribution in [0.3, 0.4) is 0 Å². The van der Waals surface area contributed by atoms with Crippen molar-refractivity contribution in [1.29, 1.82) is 0 Å². The molecule has 1 saturated carbocycles. The standard InChI is InChI=1S/C13H13BrN4O2/c1-20-8-4-5-9(14)10(6-8)15-13(19)12-16-11(17-18-12)7-2-3-7/h4-7H,2-3H2,1H3,(H,15,19)(H,16,17,18). The number of nitrogens with zero attached hydrogens (tertiary/aromatic N) is 2. The van der Waals surface area contributed by atoms with E-state index in [0.717, 1.165) is 23.1 Å². The van der Waals surface area contributed by atoms with E-state index in [1.165, 1.54) is 0 Å². The number of aromatic amines is 1. The van der Waals surface area contributed by atoms with E-state index < -0.39 is 0 Å². The smallest absolute Gasteiger partial charge is 0.295 e. The molecular weight excluding hydrogens is 324 g/mol. The van der Waals surface area contributed by atoms with Gasteiger partial charge in [-0.05, 0) is 40.9 Å². The third-order valence-corrected chi connectivity index (χ3v) is 3.78. The van der Waals surface area contributed by atoms with Crippen LogP contribution in [-0.4, -0.2) is 28.2 Å². The van der Waals surface area contributed by atoms with Crippen LogP contribution in [0.25, 0.3) is 0 Å². The topological polar surface area (TPSA) is 79.9 Å². The zero-order valence-corrected chi connectivity index (χ0v) is 12.4. The highest BCUT2D eigenvalue weighted by Gasteiger charge is 2.28. The molecule has 0 unspecified atom stereocenters. The van der Waals surface area contributed by atoms with Crippen molar-refractivity contribution in [3.8, 4) is 5.75 Å². The van der Waals surface area contributed by atoms with Crippen LogP contribution < -0.4 is 10.1 Å². The summed E-state index contributed by atoms with van der Waals surface area (Å²) in [5.74, 6) is 1.70. The molecule has 7 heteroatoms. The van der Waals surface area contributed by atoms with Crippen molar-refractivity contribution >= 4 is 27.5 Å². The molecule has 3 rings (SSSR count). The number of methoxy groups -OCH3 is 1. The molecule has 6 nitrogen and oxygen atoms in total. The Bertz CT molecular complexity index is 652. The molecule has 20 heavy (non-hydrogen) atoms. The highest BCUT2D eigenvalue weighted by atomic mass is 79.9. The van der Waals surface area contributed by atoms with E-state index in [9.17, 15) is 4.79 Å². The predicted molar refractivity (Wildman–Crippen MR) is 77.0 cm³/mol. The Morgan fingerprint density at radius 3 is 3.00 bits per heavy atom. The van der Waals surface area contributed by atoms with Crippen LogP contribution in [0.15, 0.2) is 22.7 Å². The largest absolute Gasteiger partial charge is 0.497 e. The van der Waals surface area contributed by atoms with Gasteiger partial charge in [-0.15, -0.1) is 5.10 Å². The summed E-state index contributed by atoms with van der Waals surface area (Å²) < 4.78 is 5.90. The number of ether oxygens (including phenoxy) is 1. The molecule has 0 radical (unpaired) electrons. The van der Waals surface area contributed by atoms with Crippen LogP contribution in [0.5, 0.6) is 5.75 Å². The van der Waals surface area contributed by atoms with Crippen molar-refractivity contribution in [3.63, 3.8) is 0 Å². The highest BCUT2D eigenvalue weighted by molar-refractivity contribution is 9.10. The van der Waals surface area contributed by atoms with Gasteiger partial charge in [0.25, 0.3) is 5.91 Å². The first-order valence-corrected chi connectivity index (χ1v) is 7.04. The van der Waals surface area contributed by atoms with Gasteiger partial charge in [0.1, 0.15) is 11.6 Å². The predicted octanol–water partition coefficient (Wildman–Crippen LogP) is 2.71. The molecule has 0 aliphatic heterocycles. The van der Waals surface area contributed by atoms with E-state index in [1.807, 2.05) is 6.07 Å². The Balaban J connectivity index is 1.77. The van der Waals surface area contributed by atoms with Gasteiger partial charge in [-0.3, -0.25) is 9.89 Å². The van der Waals surface area contributed by atoms with Crippen LogP contribution >= 0.6 is 15.9 Å². The lowest BCUT2D eigenvalue weighted by molar-refractivity contribution is 0.101. The van der Waals surface area contributed by atoms with Crippen molar-refractivity contribution in [2.24, 2.45) is 0 Å². The molecule has 1 heterocycles. The van der Waals surface area contributed by atoms with Gasteiger partial charge < -0.3 is 10.1 Å². The number of anilines is 1. The average Bonchev–Trinajstić information content (AvgIpc) is 3.18. The average molecular weight is 337 g/mol. The lowest BCUT2D eigenvalue weighted by Gasteiger charge is -2.07. The molecule has 1 aromatic carbocycles. The molecule has 1 fully saturated rings. The Labute approximate surface area is 124 Å². The Hall–Kier alpha value is -1.89. The van der Waals surface area contributed by atoms with Crippen LogP contribution in [0.2, 0.25) is 0 Å². The number of nitrogens with one attached hydrogen (secondary N) is 2. The minimum absolute atomic E-state index is 0.154. The Kier molecular flexibility index (Phi) is 3.43. The zero-order valence-electron chi connectivity index (χ0n) is 10.8. The lowest BCUT2D eigenvalue weighted by Crippen LogP contribution is -2.14. The first-order chi connectivity index (χ1) is 9.67. The molecule has 0 bridgehead atoms. The summed E-state index contributed by atoms with van der Waals surface area (Å²) in [7, 11) is 1.58. The third-order valence-electron chi connectivity index (χ3n) is 3.09. The number of hydrogen-bond donors (Lipinski definition) is 2. The normalized spacial score (nSPS) is 14.1. The highest BCUT2D eigenvalue weighted by Crippen LogP contribution is 2.37. The SMILES string of the molecule is COc1ccc(Br)c(NC(=O)c2n[nH]c(C3CC3)n2)c1. The maximum atomic E-state index is 12.1. The van der Waals surface area contributed by atoms with Crippen LogP contribution in [0.1, 0.15) is 35.2 Å². The molecule has 2 aromatic rings. The van der Waals surface area contributed by atoms with Gasteiger partial charge in [-0.1, -0.05) is 0 Å². The number of H-pyrrole nitrogens is 1. The fourth-order valence-corrected chi connectivity index (χ4v) is 2.17. The minimum atomic E-state index is -0.345. The fraction of sp³-hybridized carbons (Fsp3) is 0.308. The van der Waals surface area contributed by atoms with Crippen molar-refractivity contribution in [1.82, 2.24) is 15.2 Å². The van der Waals surface area contributed by atoms with Gasteiger partial charge in [0.05, 0.1) is 12.8 Å². The first kappa shape index (κ1) is 13.1. The second-order valence-corrected chi connectivity index (χ2v) is 5.47. The van der Waals surface area contributed by atoms with Gasteiger partial charge in [0, 0.05) is 16.5 Å². The number of carbonyl (C=O) groups is 1. The maximum absolute atomic E-state index is 12.1. The number of rotatable bonds is 4. The Morgan fingerprint density at radius 2 is 2.30 bits per heavy atom. The molecular formula is C13H13BrN4O2. The number of halogens is 1. The van der Waals surface area contributed by atoms with Crippen molar-refractivity contribution < 1.29 is 9.53 Å². The van der Waals surface area contributed by atoms with E-state index in [4.69, 9.17) is 4.74 Å². The molecule has 1 aromatic heterocycles. The number of amides is 1. The molecule has 1 aliphatic carbocycles. The van der Waals surface area contributed by atoms with Gasteiger partial charge >= 0.3 is 0 Å². The Morgan fingerprint density at radius 1 is 1.50 bits per heavy atom. The summed E-state index contributed by atoms with van der Waals surface area (Å²) in [5.41, 5.74) is 0.618. The minimum Gasteiger partial charge on any atom is -0.497 e. The van der Waals surface area contributed by atoms with Crippen molar-refractivity contribution in [3.05, 3.63) is 34.3 Å². The molecule has 2 N–H and O–H groups in total. The summed E-state index contributed by atoms with van der Waals surface area (Å²) in [6.07, 6.45) is 2.22. The second-order valence-electron chi connectivity index (χ2n) is 4.62. The second kappa shape index (κ2) is 5.24. The van der Waals surface area contributed by atoms with E-state index in [1.54, 1.807) is 19.2 Å².